The monoisotopic (exact) mass is 342 g/mol. The molecule has 0 atom stereocenters. The van der Waals surface area contributed by atoms with Gasteiger partial charge in [-0.15, -0.1) is 0 Å². The van der Waals surface area contributed by atoms with Crippen molar-refractivity contribution in [3.8, 4) is 0 Å². The molecule has 0 aromatic carbocycles. The summed E-state index contributed by atoms with van der Waals surface area (Å²) in [7, 11) is 1.21. The predicted molar refractivity (Wildman–Crippen MR) is 61.1 cm³/mol. The van der Waals surface area contributed by atoms with Crippen LogP contribution in [0.3, 0.4) is 0 Å². The lowest BCUT2D eigenvalue weighted by Gasteiger charge is -2.10. The average molecular weight is 342 g/mol. The molecule has 7 heteroatoms. The fourth-order valence-corrected chi connectivity index (χ4v) is 2.02. The van der Waals surface area contributed by atoms with Crippen molar-refractivity contribution >= 4 is 28.6 Å². The summed E-state index contributed by atoms with van der Waals surface area (Å²) in [5.74, 6) is -0.627. The van der Waals surface area contributed by atoms with Crippen LogP contribution in [0.15, 0.2) is 6.07 Å². The number of nitrogens with zero attached hydrogens (tertiary/aromatic N) is 1. The van der Waals surface area contributed by atoms with E-state index in [0.29, 0.717) is 5.56 Å². The van der Waals surface area contributed by atoms with E-state index in [0.717, 1.165) is 6.07 Å². The topological polar surface area (TPSA) is 65.2 Å². The summed E-state index contributed by atoms with van der Waals surface area (Å²) in [6, 6.07) is 1.12. The maximum absolute atomic E-state index is 12.5. The Kier molecular flexibility index (Phi) is 4.54. The van der Waals surface area contributed by atoms with E-state index in [1.165, 1.54) is 7.11 Å². The summed E-state index contributed by atoms with van der Waals surface area (Å²) in [6.45, 7) is -0.0251. The Hall–Kier alpha value is -0.830. The van der Waals surface area contributed by atoms with Crippen LogP contribution in [0, 0.1) is 3.70 Å². The Morgan fingerprint density at radius 3 is 2.75 bits per heavy atom. The van der Waals surface area contributed by atoms with Crippen LogP contribution >= 0.6 is 22.6 Å². The van der Waals surface area contributed by atoms with Gasteiger partial charge >= 0.3 is 5.97 Å². The highest BCUT2D eigenvalue weighted by molar-refractivity contribution is 14.1. The molecule has 0 spiro atoms. The first-order valence-corrected chi connectivity index (χ1v) is 5.35. The lowest BCUT2D eigenvalue weighted by Crippen LogP contribution is -2.14. The SMILES string of the molecule is COC(=O)c1c(CN)cc(C(F)F)nc1I. The van der Waals surface area contributed by atoms with Gasteiger partial charge in [0, 0.05) is 6.54 Å². The Balaban J connectivity index is 3.34. The van der Waals surface area contributed by atoms with Gasteiger partial charge in [-0.1, -0.05) is 0 Å². The fourth-order valence-electron chi connectivity index (χ4n) is 1.17. The summed E-state index contributed by atoms with van der Waals surface area (Å²) in [5.41, 5.74) is 5.46. The van der Waals surface area contributed by atoms with Crippen molar-refractivity contribution < 1.29 is 18.3 Å². The van der Waals surface area contributed by atoms with Gasteiger partial charge in [0.2, 0.25) is 0 Å². The van der Waals surface area contributed by atoms with E-state index >= 15 is 0 Å². The zero-order valence-electron chi connectivity index (χ0n) is 8.34. The van der Waals surface area contributed by atoms with Crippen LogP contribution in [0.4, 0.5) is 8.78 Å². The number of rotatable bonds is 3. The molecule has 1 aromatic heterocycles. The van der Waals surface area contributed by atoms with Crippen LogP contribution < -0.4 is 5.73 Å². The highest BCUT2D eigenvalue weighted by Gasteiger charge is 2.20. The molecule has 0 radical (unpaired) electrons. The molecule has 0 aliphatic heterocycles. The lowest BCUT2D eigenvalue weighted by atomic mass is 10.1. The van der Waals surface area contributed by atoms with Gasteiger partial charge in [0.1, 0.15) is 9.39 Å². The van der Waals surface area contributed by atoms with Gasteiger partial charge in [0.05, 0.1) is 12.7 Å². The number of carbonyl (C=O) groups excluding carboxylic acids is 1. The second kappa shape index (κ2) is 5.48. The van der Waals surface area contributed by atoms with Gasteiger partial charge in [0.25, 0.3) is 6.43 Å². The number of methoxy groups -OCH3 is 1. The third-order valence-corrected chi connectivity index (χ3v) is 2.69. The number of esters is 1. The molecule has 0 saturated carbocycles. The van der Waals surface area contributed by atoms with Crippen molar-refractivity contribution in [3.63, 3.8) is 0 Å². The van der Waals surface area contributed by atoms with Gasteiger partial charge in [0.15, 0.2) is 0 Å². The van der Waals surface area contributed by atoms with Gasteiger partial charge in [-0.2, -0.15) is 0 Å². The van der Waals surface area contributed by atoms with Crippen molar-refractivity contribution in [1.82, 2.24) is 4.98 Å². The number of nitrogens with two attached hydrogens (primary N) is 1. The first-order valence-electron chi connectivity index (χ1n) is 4.27. The maximum Gasteiger partial charge on any atom is 0.340 e. The summed E-state index contributed by atoms with van der Waals surface area (Å²) in [5, 5.41) is 0. The first kappa shape index (κ1) is 13.2. The molecule has 88 valence electrons. The minimum Gasteiger partial charge on any atom is -0.465 e. The van der Waals surface area contributed by atoms with E-state index in [1.54, 1.807) is 22.6 Å². The Bertz CT molecular complexity index is 413. The molecule has 0 aliphatic rings. The maximum atomic E-state index is 12.5. The minimum atomic E-state index is -2.69. The number of halogens is 3. The number of carbonyl (C=O) groups is 1. The van der Waals surface area contributed by atoms with E-state index < -0.39 is 18.1 Å². The number of hydrogen-bond acceptors (Lipinski definition) is 4. The first-order chi connectivity index (χ1) is 7.51. The average Bonchev–Trinajstić information content (AvgIpc) is 2.26. The van der Waals surface area contributed by atoms with E-state index in [9.17, 15) is 13.6 Å². The second-order valence-corrected chi connectivity index (χ2v) is 3.89. The van der Waals surface area contributed by atoms with Gasteiger partial charge in [-0.3, -0.25) is 0 Å². The van der Waals surface area contributed by atoms with E-state index in [-0.39, 0.29) is 15.8 Å². The van der Waals surface area contributed by atoms with E-state index in [1.807, 2.05) is 0 Å². The van der Waals surface area contributed by atoms with Crippen molar-refractivity contribution in [1.29, 1.82) is 0 Å². The largest absolute Gasteiger partial charge is 0.465 e. The van der Waals surface area contributed by atoms with E-state index in [2.05, 4.69) is 9.72 Å². The van der Waals surface area contributed by atoms with Gasteiger partial charge in [-0.25, -0.2) is 18.6 Å². The quantitative estimate of drug-likeness (QED) is 0.518. The minimum absolute atomic E-state index is 0.0251. The predicted octanol–water partition coefficient (Wildman–Crippen LogP) is 1.87. The van der Waals surface area contributed by atoms with Crippen molar-refractivity contribution in [2.75, 3.05) is 7.11 Å². The third-order valence-electron chi connectivity index (χ3n) is 1.91. The lowest BCUT2D eigenvalue weighted by molar-refractivity contribution is 0.0597. The van der Waals surface area contributed by atoms with Crippen LogP contribution in [-0.2, 0) is 11.3 Å². The van der Waals surface area contributed by atoms with Crippen LogP contribution in [0.2, 0.25) is 0 Å². The van der Waals surface area contributed by atoms with Crippen molar-refractivity contribution in [2.45, 2.75) is 13.0 Å². The normalized spacial score (nSPS) is 10.6. The molecule has 1 rings (SSSR count). The number of ether oxygens (including phenoxy) is 1. The molecule has 2 N–H and O–H groups in total. The molecule has 0 fully saturated rings. The number of pyridine rings is 1. The molecular formula is C9H9F2IN2O2. The Morgan fingerprint density at radius 1 is 1.69 bits per heavy atom. The highest BCUT2D eigenvalue weighted by atomic mass is 127. The standard InChI is InChI=1S/C9H9F2IN2O2/c1-16-9(15)6-4(3-13)2-5(7(10)11)14-8(6)12/h2,7H,3,13H2,1H3. The van der Waals surface area contributed by atoms with Gasteiger partial charge in [-0.05, 0) is 34.2 Å². The van der Waals surface area contributed by atoms with Crippen LogP contribution in [0.1, 0.15) is 28.0 Å². The second-order valence-electron chi connectivity index (χ2n) is 2.87. The zero-order valence-corrected chi connectivity index (χ0v) is 10.5. The number of aromatic nitrogens is 1. The van der Waals surface area contributed by atoms with Crippen molar-refractivity contribution in [2.24, 2.45) is 5.73 Å². The zero-order chi connectivity index (χ0) is 12.3. The summed E-state index contributed by atoms with van der Waals surface area (Å²) in [4.78, 5) is 15.0. The molecule has 0 saturated heterocycles. The van der Waals surface area contributed by atoms with E-state index in [4.69, 9.17) is 5.73 Å². The summed E-state index contributed by atoms with van der Waals surface area (Å²) in [6.07, 6.45) is -2.69. The summed E-state index contributed by atoms with van der Waals surface area (Å²) >= 11 is 1.71. The Morgan fingerprint density at radius 2 is 2.31 bits per heavy atom. The number of hydrogen-bond donors (Lipinski definition) is 1. The molecule has 0 aliphatic carbocycles. The molecule has 0 bridgehead atoms. The highest BCUT2D eigenvalue weighted by Crippen LogP contribution is 2.23. The van der Waals surface area contributed by atoms with Crippen LogP contribution in [0.5, 0.6) is 0 Å². The molecule has 0 unspecified atom stereocenters. The third kappa shape index (κ3) is 2.64. The number of alkyl halides is 2. The van der Waals surface area contributed by atoms with Gasteiger partial charge < -0.3 is 10.5 Å². The molecule has 1 aromatic rings. The Labute approximate surface area is 104 Å². The van der Waals surface area contributed by atoms with Crippen LogP contribution in [0.25, 0.3) is 0 Å². The van der Waals surface area contributed by atoms with Crippen LogP contribution in [-0.4, -0.2) is 18.1 Å². The fraction of sp³-hybridized carbons (Fsp3) is 0.333. The molecule has 0 amide bonds. The van der Waals surface area contributed by atoms with Crippen molar-refractivity contribution in [3.05, 3.63) is 26.6 Å². The smallest absolute Gasteiger partial charge is 0.340 e. The molecule has 4 nitrogen and oxygen atoms in total. The molecule has 16 heavy (non-hydrogen) atoms. The molecular weight excluding hydrogens is 333 g/mol. The molecule has 1 heterocycles. The summed E-state index contributed by atoms with van der Waals surface area (Å²) < 4.78 is 29.6.